The van der Waals surface area contributed by atoms with Crippen LogP contribution in [0.15, 0.2) is 22.7 Å². The van der Waals surface area contributed by atoms with E-state index in [1.54, 1.807) is 0 Å². The molecule has 0 radical (unpaired) electrons. The molecule has 0 spiro atoms. The highest BCUT2D eigenvalue weighted by Crippen LogP contribution is 2.28. The highest BCUT2D eigenvalue weighted by Gasteiger charge is 2.29. The molecule has 0 N–H and O–H groups in total. The van der Waals surface area contributed by atoms with E-state index < -0.39 is 0 Å². The van der Waals surface area contributed by atoms with Gasteiger partial charge in [-0.25, -0.2) is 0 Å². The largest absolute Gasteiger partial charge is 0.485 e. The van der Waals surface area contributed by atoms with E-state index in [2.05, 4.69) is 41.9 Å². The quantitative estimate of drug-likeness (QED) is 0.744. The van der Waals surface area contributed by atoms with Crippen LogP contribution in [-0.4, -0.2) is 27.6 Å². The van der Waals surface area contributed by atoms with Crippen molar-refractivity contribution in [1.82, 2.24) is 15.0 Å². The topological polar surface area (TPSA) is 51.4 Å². The van der Waals surface area contributed by atoms with Gasteiger partial charge in [0.05, 0.1) is 6.54 Å². The molecule has 1 aliphatic carbocycles. The van der Waals surface area contributed by atoms with E-state index in [-0.39, 0.29) is 0 Å². The summed E-state index contributed by atoms with van der Waals surface area (Å²) in [6.45, 7) is 8.49. The minimum atomic E-state index is 0.337. The maximum Gasteiger partial charge on any atom is 0.240 e. The number of nitrogens with zero attached hydrogens (tertiary/aromatic N) is 3. The number of aromatic nitrogens is 2. The van der Waals surface area contributed by atoms with Crippen molar-refractivity contribution >= 4 is 0 Å². The van der Waals surface area contributed by atoms with Crippen LogP contribution >= 0.6 is 0 Å². The number of rotatable bonds is 8. The predicted molar refractivity (Wildman–Crippen MR) is 88.3 cm³/mol. The lowest BCUT2D eigenvalue weighted by Crippen LogP contribution is -2.26. The fraction of sp³-hybridized carbons (Fsp3) is 0.556. The van der Waals surface area contributed by atoms with Crippen molar-refractivity contribution in [2.75, 3.05) is 6.54 Å². The van der Waals surface area contributed by atoms with Gasteiger partial charge in [-0.1, -0.05) is 18.1 Å². The molecule has 0 aliphatic heterocycles. The molecule has 2 aromatic rings. The van der Waals surface area contributed by atoms with Gasteiger partial charge in [0, 0.05) is 6.04 Å². The van der Waals surface area contributed by atoms with E-state index in [1.807, 2.05) is 12.1 Å². The minimum Gasteiger partial charge on any atom is -0.485 e. The molecule has 3 rings (SSSR count). The normalized spacial score (nSPS) is 14.4. The number of hydrogen-bond donors (Lipinski definition) is 0. The Kier molecular flexibility index (Phi) is 4.96. The van der Waals surface area contributed by atoms with Gasteiger partial charge in [-0.3, -0.25) is 4.90 Å². The lowest BCUT2D eigenvalue weighted by Gasteiger charge is -2.18. The number of benzene rings is 1. The highest BCUT2D eigenvalue weighted by molar-refractivity contribution is 5.32. The second kappa shape index (κ2) is 7.13. The maximum absolute atomic E-state index is 5.78. The van der Waals surface area contributed by atoms with Crippen LogP contribution in [-0.2, 0) is 13.2 Å². The zero-order chi connectivity index (χ0) is 16.2. The van der Waals surface area contributed by atoms with Crippen molar-refractivity contribution in [3.05, 3.63) is 41.0 Å². The van der Waals surface area contributed by atoms with Gasteiger partial charge < -0.3 is 9.26 Å². The van der Waals surface area contributed by atoms with E-state index in [4.69, 9.17) is 9.26 Å². The van der Waals surface area contributed by atoms with Crippen molar-refractivity contribution < 1.29 is 9.26 Å². The summed E-state index contributed by atoms with van der Waals surface area (Å²) in [5.74, 6) is 2.13. The molecule has 23 heavy (non-hydrogen) atoms. The molecule has 0 unspecified atom stereocenters. The van der Waals surface area contributed by atoms with Crippen LogP contribution in [0.3, 0.4) is 0 Å². The zero-order valence-corrected chi connectivity index (χ0v) is 14.2. The SMILES string of the molecule is CCCN(Cc1nc(COc2cc(C)cc(C)c2)no1)C1CC1. The summed E-state index contributed by atoms with van der Waals surface area (Å²) in [7, 11) is 0. The Labute approximate surface area is 137 Å². The Morgan fingerprint density at radius 1 is 1.22 bits per heavy atom. The van der Waals surface area contributed by atoms with Gasteiger partial charge in [0.2, 0.25) is 11.7 Å². The van der Waals surface area contributed by atoms with Crippen LogP contribution in [0.25, 0.3) is 0 Å². The Morgan fingerprint density at radius 2 is 1.96 bits per heavy atom. The van der Waals surface area contributed by atoms with Crippen molar-refractivity contribution in [3.8, 4) is 5.75 Å². The molecule has 1 aromatic heterocycles. The first-order valence-corrected chi connectivity index (χ1v) is 8.40. The first-order chi connectivity index (χ1) is 11.1. The molecule has 5 heteroatoms. The lowest BCUT2D eigenvalue weighted by molar-refractivity contribution is 0.217. The smallest absolute Gasteiger partial charge is 0.240 e. The molecule has 0 bridgehead atoms. The molecule has 1 aromatic carbocycles. The third kappa shape index (κ3) is 4.55. The standard InChI is InChI=1S/C18H25N3O2/c1-4-7-21(15-5-6-15)11-18-19-17(20-23-18)12-22-16-9-13(2)8-14(3)10-16/h8-10,15H,4-7,11-12H2,1-3H3. The van der Waals surface area contributed by atoms with Gasteiger partial charge >= 0.3 is 0 Å². The minimum absolute atomic E-state index is 0.337. The van der Waals surface area contributed by atoms with Gasteiger partial charge in [0.15, 0.2) is 6.61 Å². The summed E-state index contributed by atoms with van der Waals surface area (Å²) < 4.78 is 11.2. The van der Waals surface area contributed by atoms with Crippen LogP contribution in [0.1, 0.15) is 49.0 Å². The summed E-state index contributed by atoms with van der Waals surface area (Å²) in [5, 5.41) is 4.03. The zero-order valence-electron chi connectivity index (χ0n) is 14.2. The average Bonchev–Trinajstić information content (AvgIpc) is 3.25. The van der Waals surface area contributed by atoms with Gasteiger partial charge in [-0.05, 0) is 62.9 Å². The molecule has 0 saturated heterocycles. The predicted octanol–water partition coefficient (Wildman–Crippen LogP) is 3.64. The fourth-order valence-electron chi connectivity index (χ4n) is 2.87. The van der Waals surface area contributed by atoms with Crippen LogP contribution in [0.4, 0.5) is 0 Å². The Balaban J connectivity index is 1.56. The van der Waals surface area contributed by atoms with E-state index in [0.29, 0.717) is 24.4 Å². The second-order valence-corrected chi connectivity index (χ2v) is 6.42. The summed E-state index contributed by atoms with van der Waals surface area (Å²) in [4.78, 5) is 6.89. The summed E-state index contributed by atoms with van der Waals surface area (Å²) in [6.07, 6.45) is 3.72. The Hall–Kier alpha value is -1.88. The third-order valence-corrected chi connectivity index (χ3v) is 3.99. The first-order valence-electron chi connectivity index (χ1n) is 8.40. The molecular formula is C18H25N3O2. The molecule has 0 amide bonds. The number of ether oxygens (including phenoxy) is 1. The highest BCUT2D eigenvalue weighted by atomic mass is 16.5. The monoisotopic (exact) mass is 315 g/mol. The summed E-state index contributed by atoms with van der Waals surface area (Å²) in [6, 6.07) is 6.87. The molecule has 1 heterocycles. The lowest BCUT2D eigenvalue weighted by atomic mass is 10.1. The van der Waals surface area contributed by atoms with Gasteiger partial charge in [0.25, 0.3) is 0 Å². The molecule has 124 valence electrons. The van der Waals surface area contributed by atoms with Crippen molar-refractivity contribution in [2.24, 2.45) is 0 Å². The van der Waals surface area contributed by atoms with Gasteiger partial charge in [0.1, 0.15) is 5.75 Å². The molecule has 0 atom stereocenters. The van der Waals surface area contributed by atoms with E-state index in [0.717, 1.165) is 25.3 Å². The van der Waals surface area contributed by atoms with E-state index >= 15 is 0 Å². The third-order valence-electron chi connectivity index (χ3n) is 3.99. The van der Waals surface area contributed by atoms with Crippen LogP contribution in [0.2, 0.25) is 0 Å². The maximum atomic E-state index is 5.78. The Bertz CT molecular complexity index is 629. The molecule has 5 nitrogen and oxygen atoms in total. The number of hydrogen-bond acceptors (Lipinski definition) is 5. The second-order valence-electron chi connectivity index (χ2n) is 6.42. The molecule has 1 fully saturated rings. The fourth-order valence-corrected chi connectivity index (χ4v) is 2.87. The van der Waals surface area contributed by atoms with Crippen molar-refractivity contribution in [1.29, 1.82) is 0 Å². The average molecular weight is 315 g/mol. The van der Waals surface area contributed by atoms with Crippen LogP contribution in [0.5, 0.6) is 5.75 Å². The van der Waals surface area contributed by atoms with Crippen molar-refractivity contribution in [3.63, 3.8) is 0 Å². The first kappa shape index (κ1) is 16.0. The molecule has 1 saturated carbocycles. The Morgan fingerprint density at radius 3 is 2.61 bits per heavy atom. The number of aryl methyl sites for hydroxylation is 2. The van der Waals surface area contributed by atoms with E-state index in [1.165, 1.54) is 24.0 Å². The summed E-state index contributed by atoms with van der Waals surface area (Å²) >= 11 is 0. The van der Waals surface area contributed by atoms with Crippen LogP contribution < -0.4 is 4.74 Å². The molecular weight excluding hydrogens is 290 g/mol. The van der Waals surface area contributed by atoms with Gasteiger partial charge in [-0.2, -0.15) is 4.98 Å². The summed E-state index contributed by atoms with van der Waals surface area (Å²) in [5.41, 5.74) is 2.38. The van der Waals surface area contributed by atoms with E-state index in [9.17, 15) is 0 Å². The van der Waals surface area contributed by atoms with Crippen LogP contribution in [0, 0.1) is 13.8 Å². The molecule has 1 aliphatic rings. The van der Waals surface area contributed by atoms with Crippen molar-refractivity contribution in [2.45, 2.75) is 59.2 Å². The van der Waals surface area contributed by atoms with Gasteiger partial charge in [-0.15, -0.1) is 0 Å².